The van der Waals surface area contributed by atoms with Gasteiger partial charge in [-0.25, -0.2) is 0 Å². The van der Waals surface area contributed by atoms with Gasteiger partial charge in [0.2, 0.25) is 0 Å². The molecular weight excluding hydrogens is 449 g/mol. The Balaban J connectivity index is 2.87. The number of hydrogen-bond acceptors (Lipinski definition) is 4. The predicted molar refractivity (Wildman–Crippen MR) is 92.9 cm³/mol. The Hall–Kier alpha value is -2.45. The van der Waals surface area contributed by atoms with Crippen molar-refractivity contribution in [1.29, 1.82) is 5.26 Å². The molecular formula is C16H10Cl2F6N4O. The van der Waals surface area contributed by atoms with Gasteiger partial charge in [-0.3, -0.25) is 9.89 Å². The van der Waals surface area contributed by atoms with Crippen LogP contribution in [-0.4, -0.2) is 28.2 Å². The first-order chi connectivity index (χ1) is 13.2. The fourth-order valence-electron chi connectivity index (χ4n) is 2.45. The van der Waals surface area contributed by atoms with Gasteiger partial charge in [-0.1, -0.05) is 23.2 Å². The van der Waals surface area contributed by atoms with Gasteiger partial charge in [0, 0.05) is 11.6 Å². The zero-order valence-corrected chi connectivity index (χ0v) is 16.0. The van der Waals surface area contributed by atoms with Crippen LogP contribution < -0.4 is 5.32 Å². The standard InChI is InChI=1S/C16H10Cl2F6N4O/c1-5(2)26-14-10(13(29)16(22,23)24)12(27-28-14)9-8(17)3-7(15(19,20)21)6(4-25)11(9)18/h3,5H,1-2H3,(H2,26,27,28). The van der Waals surface area contributed by atoms with E-state index in [0.717, 1.165) is 0 Å². The van der Waals surface area contributed by atoms with Crippen LogP contribution in [0.4, 0.5) is 32.2 Å². The molecule has 0 radical (unpaired) electrons. The Morgan fingerprint density at radius 1 is 1.24 bits per heavy atom. The van der Waals surface area contributed by atoms with E-state index >= 15 is 0 Å². The molecule has 0 fully saturated rings. The molecule has 1 aromatic heterocycles. The maximum Gasteiger partial charge on any atom is 0.455 e. The van der Waals surface area contributed by atoms with Crippen LogP contribution in [0.15, 0.2) is 6.07 Å². The number of nitrogens with zero attached hydrogens (tertiary/aromatic N) is 2. The van der Waals surface area contributed by atoms with E-state index in [2.05, 4.69) is 15.5 Å². The van der Waals surface area contributed by atoms with Crippen molar-refractivity contribution in [3.63, 3.8) is 0 Å². The van der Waals surface area contributed by atoms with E-state index in [1.54, 1.807) is 13.8 Å². The smallest absolute Gasteiger partial charge is 0.368 e. The second-order valence-electron chi connectivity index (χ2n) is 6.03. The highest BCUT2D eigenvalue weighted by molar-refractivity contribution is 6.40. The van der Waals surface area contributed by atoms with Crippen molar-refractivity contribution < 1.29 is 31.1 Å². The molecule has 0 aliphatic carbocycles. The summed E-state index contributed by atoms with van der Waals surface area (Å²) in [5.41, 5.74) is -4.91. The van der Waals surface area contributed by atoms with Crippen LogP contribution in [0, 0.1) is 11.3 Å². The molecule has 0 aliphatic rings. The third-order valence-corrected chi connectivity index (χ3v) is 4.23. The lowest BCUT2D eigenvalue weighted by Crippen LogP contribution is -2.25. The van der Waals surface area contributed by atoms with E-state index in [9.17, 15) is 31.1 Å². The Morgan fingerprint density at radius 3 is 2.28 bits per heavy atom. The number of carbonyl (C=O) groups is 1. The molecule has 0 aliphatic heterocycles. The Kier molecular flexibility index (Phi) is 6.11. The third kappa shape index (κ3) is 4.43. The molecule has 1 aromatic carbocycles. The van der Waals surface area contributed by atoms with Gasteiger partial charge in [0.05, 0.1) is 26.7 Å². The molecule has 0 saturated heterocycles. The molecule has 13 heteroatoms. The van der Waals surface area contributed by atoms with Gasteiger partial charge >= 0.3 is 12.4 Å². The number of benzene rings is 1. The normalized spacial score (nSPS) is 12.2. The largest absolute Gasteiger partial charge is 0.455 e. The van der Waals surface area contributed by atoms with Crippen molar-refractivity contribution in [3.05, 3.63) is 32.8 Å². The van der Waals surface area contributed by atoms with Crippen molar-refractivity contribution in [2.24, 2.45) is 0 Å². The number of aromatic amines is 1. The number of aromatic nitrogens is 2. The van der Waals surface area contributed by atoms with E-state index in [1.807, 2.05) is 0 Å². The second-order valence-corrected chi connectivity index (χ2v) is 6.81. The molecule has 156 valence electrons. The van der Waals surface area contributed by atoms with Crippen LogP contribution in [0.1, 0.15) is 35.3 Å². The first-order valence-corrected chi connectivity index (χ1v) is 8.41. The molecule has 0 bridgehead atoms. The van der Waals surface area contributed by atoms with E-state index in [-0.39, 0.29) is 0 Å². The number of nitrogens with one attached hydrogen (secondary N) is 2. The summed E-state index contributed by atoms with van der Waals surface area (Å²) in [4.78, 5) is 12.0. The van der Waals surface area contributed by atoms with Crippen LogP contribution in [-0.2, 0) is 6.18 Å². The van der Waals surface area contributed by atoms with Crippen LogP contribution in [0.25, 0.3) is 11.3 Å². The summed E-state index contributed by atoms with van der Waals surface area (Å²) in [5.74, 6) is -2.75. The van der Waals surface area contributed by atoms with E-state index in [0.29, 0.717) is 6.07 Å². The van der Waals surface area contributed by atoms with Crippen LogP contribution in [0.2, 0.25) is 10.0 Å². The fraction of sp³-hybridized carbons (Fsp3) is 0.312. The van der Waals surface area contributed by atoms with Crippen molar-refractivity contribution in [1.82, 2.24) is 10.2 Å². The van der Waals surface area contributed by atoms with Gasteiger partial charge < -0.3 is 5.32 Å². The van der Waals surface area contributed by atoms with Crippen molar-refractivity contribution >= 4 is 34.8 Å². The number of hydrogen-bond donors (Lipinski definition) is 2. The molecule has 2 aromatic rings. The number of Topliss-reactive ketones (excluding diaryl/α,β-unsaturated/α-hetero) is 1. The molecule has 0 amide bonds. The minimum absolute atomic E-state index is 0.341. The van der Waals surface area contributed by atoms with E-state index < -0.39 is 68.0 Å². The van der Waals surface area contributed by atoms with Gasteiger partial charge in [-0.2, -0.15) is 36.7 Å². The third-order valence-electron chi connectivity index (χ3n) is 3.56. The highest BCUT2D eigenvalue weighted by atomic mass is 35.5. The number of alkyl halides is 6. The quantitative estimate of drug-likeness (QED) is 0.445. The summed E-state index contributed by atoms with van der Waals surface area (Å²) >= 11 is 11.7. The summed E-state index contributed by atoms with van der Waals surface area (Å²) < 4.78 is 78.7. The van der Waals surface area contributed by atoms with Crippen LogP contribution in [0.5, 0.6) is 0 Å². The number of carbonyl (C=O) groups excluding carboxylic acids is 1. The maximum absolute atomic E-state index is 13.1. The van der Waals surface area contributed by atoms with Crippen molar-refractivity contribution in [2.75, 3.05) is 5.32 Å². The highest BCUT2D eigenvalue weighted by Crippen LogP contribution is 2.45. The number of H-pyrrole nitrogens is 1. The summed E-state index contributed by atoms with van der Waals surface area (Å²) in [6, 6.07) is 1.16. The molecule has 2 N–H and O–H groups in total. The molecule has 0 spiro atoms. The number of nitriles is 1. The Morgan fingerprint density at radius 2 is 1.83 bits per heavy atom. The molecule has 5 nitrogen and oxygen atoms in total. The van der Waals surface area contributed by atoms with Crippen LogP contribution in [0.3, 0.4) is 0 Å². The fourth-order valence-corrected chi connectivity index (χ4v) is 3.12. The molecule has 0 unspecified atom stereocenters. The van der Waals surface area contributed by atoms with E-state index in [4.69, 9.17) is 28.5 Å². The molecule has 1 heterocycles. The molecule has 0 atom stereocenters. The SMILES string of the molecule is CC(C)Nc1[nH]nc(-c2c(Cl)cc(C(F)(F)F)c(C#N)c2Cl)c1C(=O)C(F)(F)F. The maximum atomic E-state index is 13.1. The average molecular weight is 459 g/mol. The molecule has 0 saturated carbocycles. The van der Waals surface area contributed by atoms with Gasteiger partial charge in [0.15, 0.2) is 0 Å². The summed E-state index contributed by atoms with van der Waals surface area (Å²) in [6.07, 6.45) is -10.3. The number of halogens is 8. The van der Waals surface area contributed by atoms with Gasteiger partial charge in [0.25, 0.3) is 5.78 Å². The molecule has 2 rings (SSSR count). The molecule has 29 heavy (non-hydrogen) atoms. The van der Waals surface area contributed by atoms with E-state index in [1.165, 1.54) is 6.07 Å². The lowest BCUT2D eigenvalue weighted by atomic mass is 9.98. The lowest BCUT2D eigenvalue weighted by Gasteiger charge is -2.15. The first kappa shape index (κ1) is 22.8. The van der Waals surface area contributed by atoms with Gasteiger partial charge in [-0.15, -0.1) is 0 Å². The Bertz CT molecular complexity index is 1000. The minimum Gasteiger partial charge on any atom is -0.368 e. The number of ketones is 1. The van der Waals surface area contributed by atoms with Gasteiger partial charge in [-0.05, 0) is 19.9 Å². The lowest BCUT2D eigenvalue weighted by molar-refractivity contribution is -0.137. The topological polar surface area (TPSA) is 81.6 Å². The zero-order chi connectivity index (χ0) is 22.3. The number of anilines is 1. The predicted octanol–water partition coefficient (Wildman–Crippen LogP) is 5.84. The summed E-state index contributed by atoms with van der Waals surface area (Å²) in [6.45, 7) is 3.13. The highest BCUT2D eigenvalue weighted by Gasteiger charge is 2.44. The summed E-state index contributed by atoms with van der Waals surface area (Å²) in [7, 11) is 0. The summed E-state index contributed by atoms with van der Waals surface area (Å²) in [5, 5.41) is 15.8. The van der Waals surface area contributed by atoms with Crippen molar-refractivity contribution in [3.8, 4) is 17.3 Å². The zero-order valence-electron chi connectivity index (χ0n) is 14.5. The monoisotopic (exact) mass is 458 g/mol. The second kappa shape index (κ2) is 7.76. The minimum atomic E-state index is -5.32. The van der Waals surface area contributed by atoms with Crippen LogP contribution >= 0.6 is 23.2 Å². The Labute approximate surface area is 169 Å². The first-order valence-electron chi connectivity index (χ1n) is 7.66. The van der Waals surface area contributed by atoms with Gasteiger partial charge in [0.1, 0.15) is 17.6 Å². The van der Waals surface area contributed by atoms with Crippen molar-refractivity contribution in [2.45, 2.75) is 32.2 Å². The average Bonchev–Trinajstić information content (AvgIpc) is 2.94. The number of rotatable bonds is 4.